The number of nitrogens with one attached hydrogen (secondary N) is 3. The minimum Gasteiger partial charge on any atom is -0.507 e. The van der Waals surface area contributed by atoms with E-state index in [1.165, 1.54) is 22.3 Å². The molecule has 2 unspecified atom stereocenters. The molecule has 6 heterocycles. The van der Waals surface area contributed by atoms with Gasteiger partial charge in [0.25, 0.3) is 0 Å². The van der Waals surface area contributed by atoms with Gasteiger partial charge in [-0.1, -0.05) is 6.07 Å². The van der Waals surface area contributed by atoms with E-state index in [0.717, 1.165) is 36.9 Å². The molecule has 12 heteroatoms. The summed E-state index contributed by atoms with van der Waals surface area (Å²) in [6.07, 6.45) is 14.2. The molecule has 0 bridgehead atoms. The highest BCUT2D eigenvalue weighted by atomic mass is 16.5. The molecule has 0 spiro atoms. The van der Waals surface area contributed by atoms with E-state index in [4.69, 9.17) is 4.74 Å². The van der Waals surface area contributed by atoms with E-state index in [0.29, 0.717) is 35.3 Å². The fourth-order valence-corrected chi connectivity index (χ4v) is 8.46. The third kappa shape index (κ3) is 8.61. The van der Waals surface area contributed by atoms with Crippen LogP contribution in [0.5, 0.6) is 11.6 Å². The Labute approximate surface area is 318 Å². The monoisotopic (exact) mass is 730 g/mol. The summed E-state index contributed by atoms with van der Waals surface area (Å²) in [4.78, 5) is 0. The van der Waals surface area contributed by atoms with Crippen molar-refractivity contribution in [3.05, 3.63) is 96.6 Å². The lowest BCUT2D eigenvalue weighted by atomic mass is 9.79. The van der Waals surface area contributed by atoms with Gasteiger partial charge in [-0.25, -0.2) is 4.68 Å². The van der Waals surface area contributed by atoms with E-state index in [9.17, 15) is 5.11 Å². The Kier molecular flexibility index (Phi) is 10.3. The lowest BCUT2D eigenvalue weighted by Crippen LogP contribution is -2.63. The number of phenolic OH excluding ortho intramolecular Hbond substituents is 1. The number of allylic oxidation sites excluding steroid dienone is 3. The molecule has 3 aliphatic heterocycles. The number of nitrogens with zero attached hydrogens (tertiary/aromatic N) is 7. The Bertz CT molecular complexity index is 2110. The molecule has 0 saturated carbocycles. The Balaban J connectivity index is 0.000000167. The fourth-order valence-electron chi connectivity index (χ4n) is 8.46. The van der Waals surface area contributed by atoms with Gasteiger partial charge in [0, 0.05) is 83.1 Å². The molecular weight excluding hydrogens is 677 g/mol. The molecule has 3 aliphatic rings. The number of rotatable bonds is 6. The van der Waals surface area contributed by atoms with Crippen LogP contribution in [-0.4, -0.2) is 75.2 Å². The van der Waals surface area contributed by atoms with Crippen LogP contribution in [0.3, 0.4) is 0 Å². The number of piperidine rings is 2. The number of aromatic hydroxyl groups is 1. The van der Waals surface area contributed by atoms with Gasteiger partial charge in [-0.3, -0.25) is 9.69 Å². The van der Waals surface area contributed by atoms with Gasteiger partial charge < -0.3 is 25.9 Å². The number of fused-ring (bicyclic) bond motifs is 1. The zero-order valence-corrected chi connectivity index (χ0v) is 32.7. The van der Waals surface area contributed by atoms with E-state index in [2.05, 4.69) is 126 Å². The zero-order valence-electron chi connectivity index (χ0n) is 32.7. The van der Waals surface area contributed by atoms with Gasteiger partial charge in [0.1, 0.15) is 11.9 Å². The summed E-state index contributed by atoms with van der Waals surface area (Å²) in [5, 5.41) is 38.3. The fraction of sp³-hybridized carbons (Fsp3) is 0.429. The smallest absolute Gasteiger partial charge is 0.233 e. The molecule has 54 heavy (non-hydrogen) atoms. The first-order chi connectivity index (χ1) is 25.7. The number of benzene rings is 2. The maximum absolute atomic E-state index is 10.4. The predicted octanol–water partition coefficient (Wildman–Crippen LogP) is 6.89. The molecule has 2 aromatic carbocycles. The molecule has 4 N–H and O–H groups in total. The number of hydrazine groups is 1. The van der Waals surface area contributed by atoms with E-state index in [1.807, 2.05) is 42.2 Å². The average Bonchev–Trinajstić information content (AvgIpc) is 3.77. The number of ether oxygens (including phenoxy) is 1. The van der Waals surface area contributed by atoms with Gasteiger partial charge in [-0.05, 0) is 123 Å². The van der Waals surface area contributed by atoms with Crippen molar-refractivity contribution in [2.45, 2.75) is 109 Å². The lowest BCUT2D eigenvalue weighted by Gasteiger charge is -2.51. The number of hydrogen-bond donors (Lipinski definition) is 4. The standard InChI is InChI=1S/C22H31N5.C20H23N5O2/c1-15-7-10-20(16-8-9-19-17(11-16)14-26(6)24-19)27(23-15)18-12-21(2,3)25-22(4,5)13-18;1-13-10-16(11-14(2)22-13)27-20-7-6-18(23-24-20)17-5-4-15(12-19(17)26)25-9-3-8-21-25/h7-11,14,18,23,25H,12-13H2,1-6H3;3-9,12-14,16,22,26H,10-11H2,1-2H3. The number of phenols is 1. The van der Waals surface area contributed by atoms with Crippen LogP contribution in [0.25, 0.3) is 33.5 Å². The average molecular weight is 731 g/mol. The molecular formula is C42H54N10O2. The van der Waals surface area contributed by atoms with Crippen LogP contribution in [0.2, 0.25) is 0 Å². The number of aryl methyl sites for hydroxylation is 1. The largest absolute Gasteiger partial charge is 0.507 e. The summed E-state index contributed by atoms with van der Waals surface area (Å²) in [7, 11) is 1.97. The SMILES string of the molecule is CC1=CC=C(c2ccc3nn(C)cc3c2)N(C2CC(C)(C)NC(C)(C)C2)N1.CC1CC(Oc2ccc(-c3ccc(-n4cccn4)cc3O)nn2)CC(C)N1. The first-order valence-corrected chi connectivity index (χ1v) is 19.0. The van der Waals surface area contributed by atoms with Gasteiger partial charge in [0.15, 0.2) is 0 Å². The van der Waals surface area contributed by atoms with E-state index in [1.54, 1.807) is 23.0 Å². The van der Waals surface area contributed by atoms with Crippen molar-refractivity contribution in [1.29, 1.82) is 0 Å². The van der Waals surface area contributed by atoms with Crippen molar-refractivity contribution in [2.24, 2.45) is 7.05 Å². The van der Waals surface area contributed by atoms with E-state index < -0.39 is 0 Å². The normalized spacial score (nSPS) is 22.4. The lowest BCUT2D eigenvalue weighted by molar-refractivity contribution is 0.0795. The highest BCUT2D eigenvalue weighted by molar-refractivity contribution is 5.83. The Morgan fingerprint density at radius 3 is 2.33 bits per heavy atom. The minimum atomic E-state index is 0.0988. The molecule has 2 fully saturated rings. The van der Waals surface area contributed by atoms with E-state index in [-0.39, 0.29) is 22.9 Å². The van der Waals surface area contributed by atoms with Gasteiger partial charge in [0.2, 0.25) is 5.88 Å². The van der Waals surface area contributed by atoms with Crippen molar-refractivity contribution in [3.63, 3.8) is 0 Å². The van der Waals surface area contributed by atoms with Crippen LogP contribution in [-0.2, 0) is 7.05 Å². The summed E-state index contributed by atoms with van der Waals surface area (Å²) < 4.78 is 9.56. The highest BCUT2D eigenvalue weighted by Gasteiger charge is 2.41. The molecule has 5 aromatic rings. The molecule has 284 valence electrons. The highest BCUT2D eigenvalue weighted by Crippen LogP contribution is 2.36. The first kappa shape index (κ1) is 37.1. The third-order valence-corrected chi connectivity index (χ3v) is 10.3. The summed E-state index contributed by atoms with van der Waals surface area (Å²) in [5.41, 5.74) is 10.5. The van der Waals surface area contributed by atoms with E-state index >= 15 is 0 Å². The van der Waals surface area contributed by atoms with Gasteiger partial charge in [-0.2, -0.15) is 10.2 Å². The van der Waals surface area contributed by atoms with Crippen molar-refractivity contribution < 1.29 is 9.84 Å². The number of hydrogen-bond acceptors (Lipinski definition) is 10. The van der Waals surface area contributed by atoms with Crippen LogP contribution >= 0.6 is 0 Å². The molecule has 12 nitrogen and oxygen atoms in total. The minimum absolute atomic E-state index is 0.0988. The second-order valence-electron chi connectivity index (χ2n) is 16.5. The molecule has 0 amide bonds. The van der Waals surface area contributed by atoms with Gasteiger partial charge in [-0.15, -0.1) is 10.2 Å². The third-order valence-electron chi connectivity index (χ3n) is 10.3. The van der Waals surface area contributed by atoms with Crippen molar-refractivity contribution in [3.8, 4) is 28.6 Å². The molecule has 2 atom stereocenters. The zero-order chi connectivity index (χ0) is 38.2. The predicted molar refractivity (Wildman–Crippen MR) is 214 cm³/mol. The molecule has 8 rings (SSSR count). The van der Waals surface area contributed by atoms with Crippen LogP contribution < -0.4 is 20.8 Å². The van der Waals surface area contributed by atoms with Crippen molar-refractivity contribution >= 4 is 16.6 Å². The quantitative estimate of drug-likeness (QED) is 0.147. The maximum atomic E-state index is 10.4. The summed E-state index contributed by atoms with van der Waals surface area (Å²) in [5.74, 6) is 0.643. The molecule has 0 aliphatic carbocycles. The molecule has 0 radical (unpaired) electrons. The Morgan fingerprint density at radius 2 is 1.67 bits per heavy atom. The Hall–Kier alpha value is -5.20. The van der Waals surface area contributed by atoms with Crippen LogP contribution in [0.15, 0.2) is 91.0 Å². The second-order valence-corrected chi connectivity index (χ2v) is 16.5. The second kappa shape index (κ2) is 14.9. The summed E-state index contributed by atoms with van der Waals surface area (Å²) in [6.45, 7) is 15.7. The Morgan fingerprint density at radius 1 is 0.907 bits per heavy atom. The van der Waals surface area contributed by atoms with Gasteiger partial charge in [0.05, 0.1) is 28.6 Å². The molecule has 3 aromatic heterocycles. The number of aromatic nitrogens is 6. The first-order valence-electron chi connectivity index (χ1n) is 19.0. The van der Waals surface area contributed by atoms with Crippen LogP contribution in [0.1, 0.15) is 79.7 Å². The molecule has 2 saturated heterocycles. The van der Waals surface area contributed by atoms with Crippen molar-refractivity contribution in [2.75, 3.05) is 0 Å². The van der Waals surface area contributed by atoms with Crippen LogP contribution in [0, 0.1) is 0 Å². The van der Waals surface area contributed by atoms with Crippen molar-refractivity contribution in [1.82, 2.24) is 50.8 Å². The topological polar surface area (TPSA) is 130 Å². The van der Waals surface area contributed by atoms with Gasteiger partial charge >= 0.3 is 0 Å². The summed E-state index contributed by atoms with van der Waals surface area (Å²) >= 11 is 0. The van der Waals surface area contributed by atoms with Crippen LogP contribution in [0.4, 0.5) is 0 Å². The summed E-state index contributed by atoms with van der Waals surface area (Å²) in [6, 6.07) is 18.6. The maximum Gasteiger partial charge on any atom is 0.233 e.